The Bertz CT molecular complexity index is 1590. The minimum atomic E-state index is -3.86. The first-order chi connectivity index (χ1) is 18.4. The number of piperidine rings is 1. The maximum Gasteiger partial charge on any atom is 0.261 e. The van der Waals surface area contributed by atoms with Gasteiger partial charge in [-0.2, -0.15) is 0 Å². The third-order valence-corrected chi connectivity index (χ3v) is 10.7. The van der Waals surface area contributed by atoms with Crippen molar-refractivity contribution in [1.82, 2.24) is 4.31 Å². The number of carbonyl (C=O) groups is 1. The van der Waals surface area contributed by atoms with E-state index in [1.54, 1.807) is 37.3 Å². The Morgan fingerprint density at radius 1 is 0.923 bits per heavy atom. The molecule has 1 amide bonds. The molecule has 13 heteroatoms. The first kappa shape index (κ1) is 29.6. The van der Waals surface area contributed by atoms with E-state index in [2.05, 4.69) is 10.0 Å². The molecule has 1 aliphatic rings. The first-order valence-corrected chi connectivity index (χ1v) is 16.2. The second-order valence-electron chi connectivity index (χ2n) is 9.20. The molecule has 1 fully saturated rings. The molecule has 1 heterocycles. The molecule has 0 saturated carbocycles. The summed E-state index contributed by atoms with van der Waals surface area (Å²) >= 11 is 18.1. The van der Waals surface area contributed by atoms with Crippen molar-refractivity contribution in [3.05, 3.63) is 86.9 Å². The molecule has 39 heavy (non-hydrogen) atoms. The van der Waals surface area contributed by atoms with Crippen LogP contribution in [0.25, 0.3) is 0 Å². The van der Waals surface area contributed by atoms with Gasteiger partial charge in [-0.25, -0.2) is 21.1 Å². The Kier molecular flexibility index (Phi) is 9.15. The summed E-state index contributed by atoms with van der Waals surface area (Å²) in [4.78, 5) is 12.9. The van der Waals surface area contributed by atoms with Gasteiger partial charge in [0.15, 0.2) is 0 Å². The minimum absolute atomic E-state index is 0.0270. The van der Waals surface area contributed by atoms with Crippen LogP contribution in [0.4, 0.5) is 11.4 Å². The Hall–Kier alpha value is -2.34. The molecule has 0 radical (unpaired) electrons. The monoisotopic (exact) mass is 629 g/mol. The van der Waals surface area contributed by atoms with Crippen LogP contribution in [0.5, 0.6) is 0 Å². The highest BCUT2D eigenvalue weighted by molar-refractivity contribution is 7.92. The molecule has 0 atom stereocenters. The lowest BCUT2D eigenvalue weighted by molar-refractivity contribution is -0.120. The predicted molar refractivity (Wildman–Crippen MR) is 155 cm³/mol. The van der Waals surface area contributed by atoms with E-state index in [1.165, 1.54) is 34.6 Å². The van der Waals surface area contributed by atoms with Crippen LogP contribution in [-0.4, -0.2) is 40.1 Å². The van der Waals surface area contributed by atoms with Crippen molar-refractivity contribution in [3.63, 3.8) is 0 Å². The molecule has 0 spiro atoms. The number of halogens is 3. The summed E-state index contributed by atoms with van der Waals surface area (Å²) in [6, 6.07) is 15.4. The van der Waals surface area contributed by atoms with E-state index in [0.717, 1.165) is 0 Å². The topological polar surface area (TPSA) is 113 Å². The maximum atomic E-state index is 12.9. The van der Waals surface area contributed by atoms with Crippen molar-refractivity contribution in [2.24, 2.45) is 5.92 Å². The SMILES string of the molecule is Cc1c(Cl)cccc1NS(=O)(=O)c1ccc(NC(=O)C2CCN(S(=O)(=O)Cc3ccc(Cl)cc3Cl)CC2)cc1. The molecule has 0 aromatic heterocycles. The van der Waals surface area contributed by atoms with Crippen molar-refractivity contribution in [2.75, 3.05) is 23.1 Å². The summed E-state index contributed by atoms with van der Waals surface area (Å²) in [6.07, 6.45) is 0.712. The number of benzene rings is 3. The standard InChI is InChI=1S/C26H26Cl3N3O5S2/c1-17-23(28)3-2-4-25(17)31-39(36,37)22-9-7-21(8-10-22)30-26(33)18-11-13-32(14-12-18)38(34,35)16-19-5-6-20(27)15-24(19)29/h2-10,15,18,31H,11-14,16H2,1H3,(H,30,33). The van der Waals surface area contributed by atoms with Gasteiger partial charge in [0, 0.05) is 39.8 Å². The second kappa shape index (κ2) is 12.0. The molecule has 208 valence electrons. The van der Waals surface area contributed by atoms with Crippen LogP contribution in [0, 0.1) is 12.8 Å². The van der Waals surface area contributed by atoms with Crippen LogP contribution in [0.15, 0.2) is 65.6 Å². The summed E-state index contributed by atoms with van der Waals surface area (Å²) in [6.45, 7) is 2.13. The molecule has 4 rings (SSSR count). The minimum Gasteiger partial charge on any atom is -0.326 e. The summed E-state index contributed by atoms with van der Waals surface area (Å²) in [5.74, 6) is -0.886. The average molecular weight is 631 g/mol. The Morgan fingerprint density at radius 2 is 1.59 bits per heavy atom. The molecule has 0 unspecified atom stereocenters. The molecule has 1 aliphatic heterocycles. The predicted octanol–water partition coefficient (Wildman–Crippen LogP) is 5.94. The van der Waals surface area contributed by atoms with Crippen LogP contribution in [0.2, 0.25) is 15.1 Å². The summed E-state index contributed by atoms with van der Waals surface area (Å²) < 4.78 is 55.3. The van der Waals surface area contributed by atoms with Crippen molar-refractivity contribution in [3.8, 4) is 0 Å². The zero-order valence-corrected chi connectivity index (χ0v) is 24.7. The van der Waals surface area contributed by atoms with Crippen LogP contribution in [-0.2, 0) is 30.6 Å². The number of hydrogen-bond donors (Lipinski definition) is 2. The number of anilines is 2. The van der Waals surface area contributed by atoms with E-state index >= 15 is 0 Å². The van der Waals surface area contributed by atoms with Crippen LogP contribution in [0.1, 0.15) is 24.0 Å². The molecule has 3 aromatic rings. The molecule has 8 nitrogen and oxygen atoms in total. The Labute approximate surface area is 243 Å². The number of rotatable bonds is 8. The molecule has 0 bridgehead atoms. The maximum absolute atomic E-state index is 12.9. The van der Waals surface area contributed by atoms with Gasteiger partial charge in [0.2, 0.25) is 15.9 Å². The Balaban J connectivity index is 1.33. The van der Waals surface area contributed by atoms with Crippen LogP contribution >= 0.6 is 34.8 Å². The second-order valence-corrected chi connectivity index (χ2v) is 14.1. The van der Waals surface area contributed by atoms with Gasteiger partial charge in [-0.15, -0.1) is 0 Å². The third kappa shape index (κ3) is 7.25. The third-order valence-electron chi connectivity index (χ3n) is 6.52. The summed E-state index contributed by atoms with van der Waals surface area (Å²) in [5.41, 5.74) is 1.89. The number of nitrogens with one attached hydrogen (secondary N) is 2. The van der Waals surface area contributed by atoms with E-state index in [9.17, 15) is 21.6 Å². The van der Waals surface area contributed by atoms with E-state index < -0.39 is 20.0 Å². The highest BCUT2D eigenvalue weighted by Gasteiger charge is 2.31. The highest BCUT2D eigenvalue weighted by Crippen LogP contribution is 2.28. The number of nitrogens with zero attached hydrogens (tertiary/aromatic N) is 1. The fourth-order valence-corrected chi connectivity index (χ4v) is 7.65. The van der Waals surface area contributed by atoms with Gasteiger partial charge in [0.25, 0.3) is 10.0 Å². The van der Waals surface area contributed by atoms with E-state index in [0.29, 0.717) is 45.4 Å². The van der Waals surface area contributed by atoms with Gasteiger partial charge in [0.1, 0.15) is 0 Å². The van der Waals surface area contributed by atoms with Crippen LogP contribution in [0.3, 0.4) is 0 Å². The van der Waals surface area contributed by atoms with Crippen LogP contribution < -0.4 is 10.0 Å². The zero-order chi connectivity index (χ0) is 28.4. The summed E-state index contributed by atoms with van der Waals surface area (Å²) in [5, 5.41) is 3.95. The van der Waals surface area contributed by atoms with Gasteiger partial charge < -0.3 is 5.32 Å². The fourth-order valence-electron chi connectivity index (χ4n) is 4.21. The largest absolute Gasteiger partial charge is 0.326 e. The quantitative estimate of drug-likeness (QED) is 0.320. The van der Waals surface area contributed by atoms with Crippen molar-refractivity contribution >= 4 is 72.1 Å². The van der Waals surface area contributed by atoms with Gasteiger partial charge in [-0.3, -0.25) is 9.52 Å². The smallest absolute Gasteiger partial charge is 0.261 e. The zero-order valence-electron chi connectivity index (χ0n) is 20.8. The van der Waals surface area contributed by atoms with Crippen molar-refractivity contribution in [1.29, 1.82) is 0 Å². The lowest BCUT2D eigenvalue weighted by Crippen LogP contribution is -2.41. The lowest BCUT2D eigenvalue weighted by Gasteiger charge is -2.30. The molecular formula is C26H26Cl3N3O5S2. The molecule has 2 N–H and O–H groups in total. The van der Waals surface area contributed by atoms with Gasteiger partial charge in [-0.05, 0) is 79.4 Å². The Morgan fingerprint density at radius 3 is 2.23 bits per heavy atom. The van der Waals surface area contributed by atoms with Crippen molar-refractivity contribution in [2.45, 2.75) is 30.4 Å². The van der Waals surface area contributed by atoms with Gasteiger partial charge in [-0.1, -0.05) is 46.9 Å². The van der Waals surface area contributed by atoms with Crippen molar-refractivity contribution < 1.29 is 21.6 Å². The number of sulfonamides is 2. The summed E-state index contributed by atoms with van der Waals surface area (Å²) in [7, 11) is -7.49. The van der Waals surface area contributed by atoms with E-state index in [1.807, 2.05) is 0 Å². The molecular weight excluding hydrogens is 605 g/mol. The number of hydrogen-bond acceptors (Lipinski definition) is 5. The van der Waals surface area contributed by atoms with E-state index in [-0.39, 0.29) is 40.6 Å². The van der Waals surface area contributed by atoms with Gasteiger partial charge in [0.05, 0.1) is 16.3 Å². The lowest BCUT2D eigenvalue weighted by atomic mass is 9.97. The molecule has 0 aliphatic carbocycles. The van der Waals surface area contributed by atoms with Gasteiger partial charge >= 0.3 is 0 Å². The van der Waals surface area contributed by atoms with E-state index in [4.69, 9.17) is 34.8 Å². The fraction of sp³-hybridized carbons (Fsp3) is 0.269. The molecule has 1 saturated heterocycles. The molecule has 3 aromatic carbocycles. The first-order valence-electron chi connectivity index (χ1n) is 12.0. The highest BCUT2D eigenvalue weighted by atomic mass is 35.5. The normalized spacial score (nSPS) is 15.2. The average Bonchev–Trinajstić information content (AvgIpc) is 2.89. The number of amides is 1. The number of carbonyl (C=O) groups excluding carboxylic acids is 1.